The first kappa shape index (κ1) is 18.4. The molecule has 4 rings (SSSR count). The zero-order valence-corrected chi connectivity index (χ0v) is 15.7. The molecule has 2 heterocycles. The Balaban J connectivity index is 1.74. The first-order chi connectivity index (χ1) is 13.6. The monoisotopic (exact) mass is 380 g/mol. The number of benzene rings is 2. The van der Waals surface area contributed by atoms with E-state index in [1.165, 1.54) is 6.07 Å². The predicted octanol–water partition coefficient (Wildman–Crippen LogP) is 2.75. The van der Waals surface area contributed by atoms with E-state index in [1.54, 1.807) is 18.2 Å². The van der Waals surface area contributed by atoms with Crippen LogP contribution in [0.4, 0.5) is 4.39 Å². The number of halogens is 1. The minimum Gasteiger partial charge on any atom is -0.378 e. The van der Waals surface area contributed by atoms with Crippen molar-refractivity contribution in [2.75, 3.05) is 26.3 Å². The zero-order valence-electron chi connectivity index (χ0n) is 15.7. The van der Waals surface area contributed by atoms with Crippen molar-refractivity contribution in [3.05, 3.63) is 76.7 Å². The highest BCUT2D eigenvalue weighted by Gasteiger charge is 2.42. The lowest BCUT2D eigenvalue weighted by molar-refractivity contribution is -0.138. The summed E-state index contributed by atoms with van der Waals surface area (Å²) < 4.78 is 19.5. The molecule has 0 saturated carbocycles. The van der Waals surface area contributed by atoms with Crippen LogP contribution in [0.3, 0.4) is 0 Å². The van der Waals surface area contributed by atoms with Crippen LogP contribution in [0.25, 0.3) is 5.57 Å². The van der Waals surface area contributed by atoms with E-state index < -0.39 is 11.7 Å². The molecular weight excluding hydrogens is 359 g/mol. The Bertz CT molecular complexity index is 947. The molecule has 5 nitrogen and oxygen atoms in total. The minimum absolute atomic E-state index is 0.0897. The van der Waals surface area contributed by atoms with Gasteiger partial charge in [0.15, 0.2) is 0 Å². The molecule has 144 valence electrons. The molecule has 28 heavy (non-hydrogen) atoms. The lowest BCUT2D eigenvalue weighted by atomic mass is 10.0. The van der Waals surface area contributed by atoms with Crippen molar-refractivity contribution in [3.8, 4) is 0 Å². The quantitative estimate of drug-likeness (QED) is 0.766. The summed E-state index contributed by atoms with van der Waals surface area (Å²) in [6, 6.07) is 13.7. The van der Waals surface area contributed by atoms with Gasteiger partial charge in [-0.2, -0.15) is 0 Å². The first-order valence-corrected chi connectivity index (χ1v) is 9.30. The Labute approximate surface area is 163 Å². The van der Waals surface area contributed by atoms with Crippen molar-refractivity contribution in [2.24, 2.45) is 0 Å². The normalized spacial score (nSPS) is 17.6. The molecule has 0 N–H and O–H groups in total. The Kier molecular flexibility index (Phi) is 4.96. The number of imide groups is 1. The maximum atomic E-state index is 14.1. The number of hydrogen-bond acceptors (Lipinski definition) is 4. The second-order valence-electron chi connectivity index (χ2n) is 6.98. The Morgan fingerprint density at radius 2 is 1.64 bits per heavy atom. The smallest absolute Gasteiger partial charge is 0.278 e. The summed E-state index contributed by atoms with van der Waals surface area (Å²) >= 11 is 0. The molecule has 1 saturated heterocycles. The van der Waals surface area contributed by atoms with Crippen molar-refractivity contribution in [2.45, 2.75) is 13.5 Å². The fraction of sp³-hybridized carbons (Fsp3) is 0.273. The van der Waals surface area contributed by atoms with Gasteiger partial charge in [-0.1, -0.05) is 48.0 Å². The molecule has 2 aliphatic heterocycles. The van der Waals surface area contributed by atoms with E-state index in [0.29, 0.717) is 48.7 Å². The zero-order chi connectivity index (χ0) is 19.7. The van der Waals surface area contributed by atoms with E-state index in [4.69, 9.17) is 4.74 Å². The number of nitrogens with zero attached hydrogens (tertiary/aromatic N) is 2. The molecule has 0 spiro atoms. The number of hydrogen-bond donors (Lipinski definition) is 0. The van der Waals surface area contributed by atoms with Crippen molar-refractivity contribution < 1.29 is 18.7 Å². The van der Waals surface area contributed by atoms with Crippen molar-refractivity contribution >= 4 is 17.4 Å². The van der Waals surface area contributed by atoms with Gasteiger partial charge in [-0.25, -0.2) is 4.39 Å². The second-order valence-corrected chi connectivity index (χ2v) is 6.98. The van der Waals surface area contributed by atoms with Gasteiger partial charge in [0.1, 0.15) is 11.5 Å². The van der Waals surface area contributed by atoms with Crippen LogP contribution in [0.2, 0.25) is 0 Å². The van der Waals surface area contributed by atoms with E-state index in [-0.39, 0.29) is 12.5 Å². The van der Waals surface area contributed by atoms with Gasteiger partial charge in [-0.3, -0.25) is 14.5 Å². The molecule has 2 amide bonds. The van der Waals surface area contributed by atoms with Crippen LogP contribution in [-0.2, 0) is 20.9 Å². The molecular formula is C22H21FN2O3. The highest BCUT2D eigenvalue weighted by Crippen LogP contribution is 2.33. The predicted molar refractivity (Wildman–Crippen MR) is 102 cm³/mol. The fourth-order valence-electron chi connectivity index (χ4n) is 3.56. The Hall–Kier alpha value is -2.99. The summed E-state index contributed by atoms with van der Waals surface area (Å²) in [7, 11) is 0. The lowest BCUT2D eigenvalue weighted by Gasteiger charge is -2.29. The van der Waals surface area contributed by atoms with Gasteiger partial charge in [0.05, 0.1) is 25.3 Å². The van der Waals surface area contributed by atoms with Crippen LogP contribution >= 0.6 is 0 Å². The molecule has 6 heteroatoms. The average Bonchev–Trinajstić information content (AvgIpc) is 2.95. The van der Waals surface area contributed by atoms with Gasteiger partial charge in [0.25, 0.3) is 11.8 Å². The number of aryl methyl sites for hydroxylation is 1. The van der Waals surface area contributed by atoms with Crippen molar-refractivity contribution in [1.29, 1.82) is 0 Å². The van der Waals surface area contributed by atoms with Crippen LogP contribution in [-0.4, -0.2) is 47.9 Å². The van der Waals surface area contributed by atoms with Crippen LogP contribution in [0.1, 0.15) is 16.7 Å². The highest BCUT2D eigenvalue weighted by molar-refractivity contribution is 6.35. The van der Waals surface area contributed by atoms with Gasteiger partial charge in [0, 0.05) is 18.7 Å². The molecule has 0 aliphatic carbocycles. The van der Waals surface area contributed by atoms with Gasteiger partial charge >= 0.3 is 0 Å². The maximum absolute atomic E-state index is 14.1. The molecule has 2 aliphatic rings. The van der Waals surface area contributed by atoms with Gasteiger partial charge in [-0.15, -0.1) is 0 Å². The highest BCUT2D eigenvalue weighted by atomic mass is 19.1. The number of ether oxygens (including phenoxy) is 1. The topological polar surface area (TPSA) is 49.9 Å². The maximum Gasteiger partial charge on any atom is 0.278 e. The van der Waals surface area contributed by atoms with E-state index in [9.17, 15) is 14.0 Å². The Morgan fingerprint density at radius 3 is 2.32 bits per heavy atom. The molecule has 0 radical (unpaired) electrons. The summed E-state index contributed by atoms with van der Waals surface area (Å²) in [5.74, 6) is -1.20. The molecule has 0 unspecified atom stereocenters. The first-order valence-electron chi connectivity index (χ1n) is 9.30. The number of amides is 2. The minimum atomic E-state index is -0.431. The lowest BCUT2D eigenvalue weighted by Crippen LogP contribution is -2.40. The molecule has 2 aromatic rings. The van der Waals surface area contributed by atoms with Crippen molar-refractivity contribution in [3.63, 3.8) is 0 Å². The molecule has 1 fully saturated rings. The summed E-state index contributed by atoms with van der Waals surface area (Å²) in [6.45, 7) is 3.95. The number of carbonyl (C=O) groups is 2. The Morgan fingerprint density at radius 1 is 0.964 bits per heavy atom. The third-order valence-electron chi connectivity index (χ3n) is 5.10. The summed E-state index contributed by atoms with van der Waals surface area (Å²) in [5.41, 5.74) is 2.84. The van der Waals surface area contributed by atoms with E-state index in [0.717, 1.165) is 10.5 Å². The van der Waals surface area contributed by atoms with Gasteiger partial charge < -0.3 is 9.64 Å². The summed E-state index contributed by atoms with van der Waals surface area (Å²) in [4.78, 5) is 29.5. The number of morpholine rings is 1. The van der Waals surface area contributed by atoms with Crippen LogP contribution in [0.15, 0.2) is 54.2 Å². The third-order valence-corrected chi connectivity index (χ3v) is 5.10. The van der Waals surface area contributed by atoms with E-state index >= 15 is 0 Å². The number of rotatable bonds is 4. The van der Waals surface area contributed by atoms with E-state index in [2.05, 4.69) is 0 Å². The largest absolute Gasteiger partial charge is 0.378 e. The van der Waals surface area contributed by atoms with Gasteiger partial charge in [-0.05, 0) is 18.6 Å². The third kappa shape index (κ3) is 3.31. The van der Waals surface area contributed by atoms with Crippen molar-refractivity contribution in [1.82, 2.24) is 9.80 Å². The standard InChI is InChI=1S/C22H21FN2O3/c1-15-6-8-16(9-7-15)19-20(24-10-12-28-13-11-24)22(27)25(21(19)26)14-17-4-2-3-5-18(17)23/h2-9H,10-14H2,1H3. The van der Waals surface area contributed by atoms with Crippen LogP contribution in [0.5, 0.6) is 0 Å². The van der Waals surface area contributed by atoms with E-state index in [1.807, 2.05) is 36.1 Å². The molecule has 0 atom stereocenters. The molecule has 0 bridgehead atoms. The molecule has 2 aromatic carbocycles. The van der Waals surface area contributed by atoms with Crippen LogP contribution < -0.4 is 0 Å². The average molecular weight is 380 g/mol. The number of carbonyl (C=O) groups excluding carboxylic acids is 2. The van der Waals surface area contributed by atoms with Gasteiger partial charge in [0.2, 0.25) is 0 Å². The SMILES string of the molecule is Cc1ccc(C2=C(N3CCOCC3)C(=O)N(Cc3ccccc3F)C2=O)cc1. The second kappa shape index (κ2) is 7.56. The molecule has 0 aromatic heterocycles. The fourth-order valence-corrected chi connectivity index (χ4v) is 3.56. The summed E-state index contributed by atoms with van der Waals surface area (Å²) in [5, 5.41) is 0. The summed E-state index contributed by atoms with van der Waals surface area (Å²) in [6.07, 6.45) is 0. The van der Waals surface area contributed by atoms with Crippen LogP contribution in [0, 0.1) is 12.7 Å².